The lowest BCUT2D eigenvalue weighted by molar-refractivity contribution is -0.141. The van der Waals surface area contributed by atoms with Gasteiger partial charge in [-0.15, -0.1) is 0 Å². The predicted octanol–water partition coefficient (Wildman–Crippen LogP) is 2.42. The third-order valence-corrected chi connectivity index (χ3v) is 4.62. The van der Waals surface area contributed by atoms with Gasteiger partial charge in [-0.05, 0) is 25.0 Å². The normalized spacial score (nSPS) is 17.6. The summed E-state index contributed by atoms with van der Waals surface area (Å²) < 4.78 is 27.3. The van der Waals surface area contributed by atoms with Crippen molar-refractivity contribution < 1.29 is 18.7 Å². The average Bonchev–Trinajstić information content (AvgIpc) is 3.11. The molecular weight excluding hydrogens is 358 g/mol. The van der Waals surface area contributed by atoms with Crippen molar-refractivity contribution in [2.75, 3.05) is 18.0 Å². The molecule has 27 heavy (non-hydrogen) atoms. The summed E-state index contributed by atoms with van der Waals surface area (Å²) in [5.41, 5.74) is 1.02. The van der Waals surface area contributed by atoms with Crippen molar-refractivity contribution in [3.63, 3.8) is 0 Å². The number of piperidine rings is 1. The van der Waals surface area contributed by atoms with Gasteiger partial charge in [0.25, 0.3) is 6.43 Å². The first kappa shape index (κ1) is 17.3. The number of aliphatic carboxylic acids is 1. The highest BCUT2D eigenvalue weighted by Gasteiger charge is 2.26. The lowest BCUT2D eigenvalue weighted by atomic mass is 9.98. The van der Waals surface area contributed by atoms with Crippen molar-refractivity contribution >= 4 is 17.4 Å². The molecule has 1 atom stereocenters. The van der Waals surface area contributed by atoms with Crippen LogP contribution in [-0.2, 0) is 4.79 Å². The van der Waals surface area contributed by atoms with E-state index >= 15 is 0 Å². The second kappa shape index (κ2) is 6.86. The number of carbonyl (C=O) groups is 1. The summed E-state index contributed by atoms with van der Waals surface area (Å²) >= 11 is 0. The van der Waals surface area contributed by atoms with Crippen LogP contribution in [0.25, 0.3) is 17.0 Å². The molecule has 0 aliphatic carbocycles. The Kier molecular flexibility index (Phi) is 4.38. The number of halogens is 2. The number of hydrogen-bond donors (Lipinski definition) is 1. The maximum Gasteiger partial charge on any atom is 0.308 e. The molecular formula is C17H16F2N6O2. The van der Waals surface area contributed by atoms with E-state index in [1.807, 2.05) is 4.90 Å². The van der Waals surface area contributed by atoms with E-state index in [4.69, 9.17) is 0 Å². The van der Waals surface area contributed by atoms with Crippen molar-refractivity contribution in [1.82, 2.24) is 24.6 Å². The topological polar surface area (TPSA) is 96.5 Å². The van der Waals surface area contributed by atoms with Gasteiger partial charge in [0, 0.05) is 19.2 Å². The molecule has 0 saturated carbocycles. The largest absolute Gasteiger partial charge is 0.481 e. The first-order valence-electron chi connectivity index (χ1n) is 8.46. The van der Waals surface area contributed by atoms with Crippen LogP contribution in [0.3, 0.4) is 0 Å². The van der Waals surface area contributed by atoms with Crippen molar-refractivity contribution in [2.45, 2.75) is 19.3 Å². The highest BCUT2D eigenvalue weighted by Crippen LogP contribution is 2.26. The van der Waals surface area contributed by atoms with Crippen LogP contribution < -0.4 is 4.90 Å². The van der Waals surface area contributed by atoms with Crippen LogP contribution in [0.15, 0.2) is 30.7 Å². The van der Waals surface area contributed by atoms with Gasteiger partial charge in [0.15, 0.2) is 5.65 Å². The molecule has 0 unspecified atom stereocenters. The molecule has 1 saturated heterocycles. The Morgan fingerprint density at radius 1 is 1.26 bits per heavy atom. The number of aromatic nitrogens is 5. The first-order chi connectivity index (χ1) is 13.0. The Morgan fingerprint density at radius 3 is 2.89 bits per heavy atom. The molecule has 0 amide bonds. The summed E-state index contributed by atoms with van der Waals surface area (Å²) in [5, 5.41) is 13.2. The number of carboxylic acids is 1. The number of alkyl halides is 2. The molecule has 10 heteroatoms. The van der Waals surface area contributed by atoms with Crippen LogP contribution in [0, 0.1) is 5.92 Å². The van der Waals surface area contributed by atoms with Crippen LogP contribution in [0.5, 0.6) is 0 Å². The Bertz CT molecular complexity index is 992. The van der Waals surface area contributed by atoms with Gasteiger partial charge in [-0.1, -0.05) is 0 Å². The monoisotopic (exact) mass is 374 g/mol. The fraction of sp³-hybridized carbons (Fsp3) is 0.353. The predicted molar refractivity (Wildman–Crippen MR) is 91.5 cm³/mol. The smallest absolute Gasteiger partial charge is 0.308 e. The number of imidazole rings is 1. The van der Waals surface area contributed by atoms with Gasteiger partial charge in [0.1, 0.15) is 23.5 Å². The second-order valence-corrected chi connectivity index (χ2v) is 6.36. The molecule has 0 spiro atoms. The quantitative estimate of drug-likeness (QED) is 0.749. The maximum atomic E-state index is 13.0. The Balaban J connectivity index is 1.69. The number of nitrogens with zero attached hydrogens (tertiary/aromatic N) is 6. The van der Waals surface area contributed by atoms with Crippen LogP contribution in [0.1, 0.15) is 25.0 Å². The maximum absolute atomic E-state index is 13.0. The molecule has 1 aliphatic heterocycles. The van der Waals surface area contributed by atoms with Crippen molar-refractivity contribution in [1.29, 1.82) is 0 Å². The van der Waals surface area contributed by atoms with Crippen molar-refractivity contribution in [3.05, 3.63) is 36.4 Å². The summed E-state index contributed by atoms with van der Waals surface area (Å²) in [6, 6.07) is 4.41. The number of fused-ring (bicyclic) bond motifs is 1. The zero-order chi connectivity index (χ0) is 19.0. The SMILES string of the molecule is O=C(O)[C@@H]1CCCN(c2cc(-c3cnc4ccc(C(F)F)nn34)ncn2)C1. The highest BCUT2D eigenvalue weighted by molar-refractivity contribution is 5.71. The molecule has 1 fully saturated rings. The molecule has 3 aromatic rings. The Morgan fingerprint density at radius 2 is 2.11 bits per heavy atom. The van der Waals surface area contributed by atoms with E-state index in [0.717, 1.165) is 6.42 Å². The zero-order valence-corrected chi connectivity index (χ0v) is 14.2. The van der Waals surface area contributed by atoms with Crippen molar-refractivity contribution in [2.24, 2.45) is 5.92 Å². The molecule has 8 nitrogen and oxygen atoms in total. The fourth-order valence-corrected chi connectivity index (χ4v) is 3.23. The molecule has 4 heterocycles. The summed E-state index contributed by atoms with van der Waals surface area (Å²) in [4.78, 5) is 25.8. The molecule has 1 N–H and O–H groups in total. The third kappa shape index (κ3) is 3.29. The Labute approximate surface area is 152 Å². The number of anilines is 1. The van der Waals surface area contributed by atoms with Crippen LogP contribution >= 0.6 is 0 Å². The van der Waals surface area contributed by atoms with E-state index in [-0.39, 0.29) is 5.69 Å². The van der Waals surface area contributed by atoms with Crippen LogP contribution in [-0.4, -0.2) is 48.7 Å². The molecule has 4 rings (SSSR count). The summed E-state index contributed by atoms with van der Waals surface area (Å²) in [6.45, 7) is 1.06. The van der Waals surface area contributed by atoms with E-state index in [0.29, 0.717) is 42.4 Å². The summed E-state index contributed by atoms with van der Waals surface area (Å²) in [6.07, 6.45) is 1.58. The van der Waals surface area contributed by atoms with Crippen molar-refractivity contribution in [3.8, 4) is 11.4 Å². The standard InChI is InChI=1S/C17H16F2N6O2/c18-16(19)11-3-4-14-20-7-13(25(14)23-11)12-6-15(22-9-21-12)24-5-1-2-10(8-24)17(26)27/h3-4,6-7,9-10,16H,1-2,5,8H2,(H,26,27)/t10-/m1/s1. The van der Waals surface area contributed by atoms with Gasteiger partial charge in [-0.3, -0.25) is 4.79 Å². The minimum Gasteiger partial charge on any atom is -0.481 e. The lowest BCUT2D eigenvalue weighted by Crippen LogP contribution is -2.39. The van der Waals surface area contributed by atoms with E-state index < -0.39 is 18.3 Å². The minimum absolute atomic E-state index is 0.351. The third-order valence-electron chi connectivity index (χ3n) is 4.62. The first-order valence-corrected chi connectivity index (χ1v) is 8.46. The highest BCUT2D eigenvalue weighted by atomic mass is 19.3. The minimum atomic E-state index is -2.69. The molecule has 1 aliphatic rings. The Hall–Kier alpha value is -3.17. The van der Waals surface area contributed by atoms with Gasteiger partial charge >= 0.3 is 5.97 Å². The molecule has 140 valence electrons. The van der Waals surface area contributed by atoms with Gasteiger partial charge in [-0.2, -0.15) is 5.10 Å². The second-order valence-electron chi connectivity index (χ2n) is 6.36. The van der Waals surface area contributed by atoms with Gasteiger partial charge in [-0.25, -0.2) is 28.2 Å². The van der Waals surface area contributed by atoms with E-state index in [1.54, 1.807) is 6.07 Å². The van der Waals surface area contributed by atoms with Gasteiger partial charge in [0.05, 0.1) is 17.8 Å². The zero-order valence-electron chi connectivity index (χ0n) is 14.2. The summed E-state index contributed by atoms with van der Waals surface area (Å²) in [5.74, 6) is -0.673. The molecule has 0 aromatic carbocycles. The van der Waals surface area contributed by atoms with E-state index in [2.05, 4.69) is 20.1 Å². The van der Waals surface area contributed by atoms with Crippen LogP contribution in [0.2, 0.25) is 0 Å². The average molecular weight is 374 g/mol. The number of rotatable bonds is 4. The van der Waals surface area contributed by atoms with E-state index in [9.17, 15) is 18.7 Å². The molecule has 0 radical (unpaired) electrons. The van der Waals surface area contributed by atoms with E-state index in [1.165, 1.54) is 29.2 Å². The molecule has 0 bridgehead atoms. The van der Waals surface area contributed by atoms with Crippen LogP contribution in [0.4, 0.5) is 14.6 Å². The van der Waals surface area contributed by atoms with Gasteiger partial charge in [0.2, 0.25) is 0 Å². The lowest BCUT2D eigenvalue weighted by Gasteiger charge is -2.31. The number of carboxylic acid groups (broad SMARTS) is 1. The summed E-state index contributed by atoms with van der Waals surface area (Å²) in [7, 11) is 0. The molecule has 3 aromatic heterocycles. The van der Waals surface area contributed by atoms with Gasteiger partial charge < -0.3 is 10.0 Å². The fourth-order valence-electron chi connectivity index (χ4n) is 3.23. The number of hydrogen-bond acceptors (Lipinski definition) is 6.